The number of hydrogen-bond donors (Lipinski definition) is 2. The molecule has 142 valence electrons. The second-order valence-corrected chi connectivity index (χ2v) is 7.08. The van der Waals surface area contributed by atoms with Crippen molar-refractivity contribution >= 4 is 28.2 Å². The highest BCUT2D eigenvalue weighted by Gasteiger charge is 2.11. The first-order valence-corrected chi connectivity index (χ1v) is 9.54. The van der Waals surface area contributed by atoms with Crippen LogP contribution in [0.5, 0.6) is 5.75 Å². The molecule has 4 rings (SSSR count). The van der Waals surface area contributed by atoms with Crippen LogP contribution in [0.1, 0.15) is 16.1 Å². The molecule has 0 atom stereocenters. The molecule has 0 fully saturated rings. The number of rotatable bonds is 3. The maximum atomic E-state index is 12.5. The Morgan fingerprint density at radius 1 is 1.14 bits per heavy atom. The monoisotopic (exact) mass is 391 g/mol. The van der Waals surface area contributed by atoms with E-state index in [1.54, 1.807) is 36.5 Å². The van der Waals surface area contributed by atoms with Gasteiger partial charge < -0.3 is 10.8 Å². The van der Waals surface area contributed by atoms with Gasteiger partial charge in [0, 0.05) is 18.1 Å². The van der Waals surface area contributed by atoms with Crippen molar-refractivity contribution in [1.29, 1.82) is 0 Å². The molecule has 6 heteroatoms. The summed E-state index contributed by atoms with van der Waals surface area (Å²) in [4.78, 5) is 17.8. The lowest BCUT2D eigenvalue weighted by molar-refractivity contribution is 0.481. The molecule has 0 saturated heterocycles. The number of nitrogens with zero attached hydrogens (tertiary/aromatic N) is 2. The molecule has 0 aliphatic heterocycles. The maximum absolute atomic E-state index is 12.5. The Morgan fingerprint density at radius 2 is 1.89 bits per heavy atom. The van der Waals surface area contributed by atoms with Crippen LogP contribution in [0.15, 0.2) is 72.2 Å². The molecule has 0 spiro atoms. The lowest BCUT2D eigenvalue weighted by Crippen LogP contribution is -2.17. The van der Waals surface area contributed by atoms with E-state index < -0.39 is 0 Å². The van der Waals surface area contributed by atoms with E-state index in [1.165, 1.54) is 21.5 Å². The van der Waals surface area contributed by atoms with Crippen LogP contribution in [0.3, 0.4) is 0 Å². The van der Waals surface area contributed by atoms with Crippen molar-refractivity contribution in [3.05, 3.63) is 93.9 Å². The summed E-state index contributed by atoms with van der Waals surface area (Å²) in [5.74, 6) is 0.105. The summed E-state index contributed by atoms with van der Waals surface area (Å²) in [5, 5.41) is 11.4. The van der Waals surface area contributed by atoms with E-state index in [0.29, 0.717) is 22.4 Å². The molecular formula is C22H21N3O2S. The van der Waals surface area contributed by atoms with E-state index in [2.05, 4.69) is 11.6 Å². The van der Waals surface area contributed by atoms with Crippen molar-refractivity contribution < 1.29 is 5.11 Å². The van der Waals surface area contributed by atoms with Crippen LogP contribution in [0.4, 0.5) is 0 Å². The Bertz CT molecular complexity index is 1160. The van der Waals surface area contributed by atoms with Crippen LogP contribution in [-0.4, -0.2) is 14.7 Å². The average molecular weight is 391 g/mol. The third-order valence-corrected chi connectivity index (χ3v) is 5.37. The fourth-order valence-corrected chi connectivity index (χ4v) is 3.61. The van der Waals surface area contributed by atoms with Crippen LogP contribution in [0, 0.1) is 6.92 Å². The fraction of sp³-hybridized carbons (Fsp3) is 0.0909. The summed E-state index contributed by atoms with van der Waals surface area (Å²) in [7, 11) is 0. The number of aromatic nitrogens is 2. The van der Waals surface area contributed by atoms with Crippen LogP contribution < -0.4 is 11.3 Å². The van der Waals surface area contributed by atoms with Gasteiger partial charge in [0.05, 0.1) is 16.0 Å². The highest BCUT2D eigenvalue weighted by atomic mass is 32.1. The van der Waals surface area contributed by atoms with Gasteiger partial charge in [-0.05, 0) is 30.7 Å². The van der Waals surface area contributed by atoms with Gasteiger partial charge in [-0.15, -0.1) is 0 Å². The summed E-state index contributed by atoms with van der Waals surface area (Å²) < 4.78 is 1.49. The van der Waals surface area contributed by atoms with Crippen LogP contribution >= 0.6 is 11.3 Å². The van der Waals surface area contributed by atoms with E-state index in [0.717, 1.165) is 10.6 Å². The molecule has 3 N–H and O–H groups in total. The quantitative estimate of drug-likeness (QED) is 0.547. The summed E-state index contributed by atoms with van der Waals surface area (Å²) in [6, 6.07) is 16.6. The van der Waals surface area contributed by atoms with Crippen LogP contribution in [0.2, 0.25) is 0 Å². The van der Waals surface area contributed by atoms with Gasteiger partial charge in [-0.3, -0.25) is 9.36 Å². The second kappa shape index (κ2) is 8.65. The standard InChI is InChI=1S/C15H12N2O2S.C7H9N/c1-3-13-9(2)16-15(20-13)17-8-7-10-11(14(17)19)5-4-6-12(10)18;8-6-7-4-2-1-3-5-7/h3-8,18H,1H2,2H3;1-5H,6,8H2. The van der Waals surface area contributed by atoms with Gasteiger partial charge in [-0.2, -0.15) is 0 Å². The zero-order chi connectivity index (χ0) is 20.1. The molecular weight excluding hydrogens is 370 g/mol. The number of nitrogens with two attached hydrogens (primary N) is 1. The smallest absolute Gasteiger partial charge is 0.264 e. The maximum Gasteiger partial charge on any atom is 0.264 e. The molecule has 0 aliphatic rings. The first-order chi connectivity index (χ1) is 13.5. The molecule has 2 heterocycles. The number of benzene rings is 2. The highest BCUT2D eigenvalue weighted by Crippen LogP contribution is 2.24. The highest BCUT2D eigenvalue weighted by molar-refractivity contribution is 7.15. The first kappa shape index (κ1) is 19.5. The molecule has 0 aliphatic carbocycles. The van der Waals surface area contributed by atoms with Crippen molar-refractivity contribution in [2.75, 3.05) is 0 Å². The van der Waals surface area contributed by atoms with Crippen molar-refractivity contribution in [3.8, 4) is 10.9 Å². The molecule has 4 aromatic rings. The fourth-order valence-electron chi connectivity index (χ4n) is 2.71. The number of thiazole rings is 1. The summed E-state index contributed by atoms with van der Waals surface area (Å²) in [6.45, 7) is 6.26. The summed E-state index contributed by atoms with van der Waals surface area (Å²) >= 11 is 1.41. The topological polar surface area (TPSA) is 81.1 Å². The van der Waals surface area contributed by atoms with E-state index >= 15 is 0 Å². The Balaban J connectivity index is 0.000000236. The molecule has 0 saturated carbocycles. The number of hydrogen-bond acceptors (Lipinski definition) is 5. The Morgan fingerprint density at radius 3 is 2.50 bits per heavy atom. The number of fused-ring (bicyclic) bond motifs is 1. The zero-order valence-electron chi connectivity index (χ0n) is 15.5. The van der Waals surface area contributed by atoms with E-state index in [-0.39, 0.29) is 11.3 Å². The Kier molecular flexibility index (Phi) is 6.03. The normalized spacial score (nSPS) is 10.4. The van der Waals surface area contributed by atoms with Gasteiger partial charge in [0.2, 0.25) is 0 Å². The van der Waals surface area contributed by atoms with Gasteiger partial charge in [0.15, 0.2) is 5.13 Å². The van der Waals surface area contributed by atoms with E-state index in [4.69, 9.17) is 5.73 Å². The number of phenols is 1. The van der Waals surface area contributed by atoms with E-state index in [9.17, 15) is 9.90 Å². The lowest BCUT2D eigenvalue weighted by Gasteiger charge is -2.04. The van der Waals surface area contributed by atoms with Crippen molar-refractivity contribution in [3.63, 3.8) is 0 Å². The van der Waals surface area contributed by atoms with Crippen molar-refractivity contribution in [2.24, 2.45) is 5.73 Å². The molecule has 2 aromatic carbocycles. The third-order valence-electron chi connectivity index (χ3n) is 4.21. The van der Waals surface area contributed by atoms with Gasteiger partial charge in [-0.25, -0.2) is 4.98 Å². The van der Waals surface area contributed by atoms with Gasteiger partial charge in [-0.1, -0.05) is 60.4 Å². The molecule has 2 aromatic heterocycles. The minimum Gasteiger partial charge on any atom is -0.507 e. The molecule has 0 amide bonds. The number of aryl methyl sites for hydroxylation is 1. The minimum atomic E-state index is -0.192. The summed E-state index contributed by atoms with van der Waals surface area (Å²) in [6.07, 6.45) is 3.37. The number of phenolic OH excluding ortho intramolecular Hbond substituents is 1. The number of aromatic hydroxyl groups is 1. The molecule has 0 unspecified atom stereocenters. The van der Waals surface area contributed by atoms with Crippen LogP contribution in [0.25, 0.3) is 22.0 Å². The Hall–Kier alpha value is -3.22. The number of pyridine rings is 1. The first-order valence-electron chi connectivity index (χ1n) is 8.72. The molecule has 0 bridgehead atoms. The Labute approximate surface area is 167 Å². The molecule has 0 radical (unpaired) electrons. The largest absolute Gasteiger partial charge is 0.507 e. The van der Waals surface area contributed by atoms with E-state index in [1.807, 2.05) is 37.3 Å². The average Bonchev–Trinajstić information content (AvgIpc) is 3.10. The molecule has 5 nitrogen and oxygen atoms in total. The SMILES string of the molecule is C=Cc1sc(-n2ccc3c(O)cccc3c2=O)nc1C.NCc1ccccc1. The van der Waals surface area contributed by atoms with Gasteiger partial charge in [0.1, 0.15) is 5.75 Å². The predicted octanol–water partition coefficient (Wildman–Crippen LogP) is 4.25. The minimum absolute atomic E-state index is 0.105. The van der Waals surface area contributed by atoms with Gasteiger partial charge in [0.25, 0.3) is 5.56 Å². The molecule has 28 heavy (non-hydrogen) atoms. The lowest BCUT2D eigenvalue weighted by atomic mass is 10.1. The van der Waals surface area contributed by atoms with Crippen LogP contribution in [-0.2, 0) is 6.54 Å². The zero-order valence-corrected chi connectivity index (χ0v) is 16.3. The summed E-state index contributed by atoms with van der Waals surface area (Å²) in [5.41, 5.74) is 7.20. The third kappa shape index (κ3) is 4.03. The van der Waals surface area contributed by atoms with Crippen molar-refractivity contribution in [2.45, 2.75) is 13.5 Å². The predicted molar refractivity (Wildman–Crippen MR) is 116 cm³/mol. The second-order valence-electron chi connectivity index (χ2n) is 6.07. The van der Waals surface area contributed by atoms with Crippen molar-refractivity contribution in [1.82, 2.24) is 9.55 Å². The van der Waals surface area contributed by atoms with Gasteiger partial charge >= 0.3 is 0 Å².